The molecule has 0 aliphatic rings. The van der Waals surface area contributed by atoms with Gasteiger partial charge in [0.2, 0.25) is 0 Å². The summed E-state index contributed by atoms with van der Waals surface area (Å²) in [6.07, 6.45) is 0. The van der Waals surface area contributed by atoms with Crippen LogP contribution in [0.2, 0.25) is 0 Å². The van der Waals surface area contributed by atoms with Crippen LogP contribution in [0.3, 0.4) is 0 Å². The normalized spacial score (nSPS) is 10.9. The highest BCUT2D eigenvalue weighted by molar-refractivity contribution is 5.61. The Labute approximate surface area is 91.7 Å². The van der Waals surface area contributed by atoms with Crippen molar-refractivity contribution >= 4 is 5.69 Å². The van der Waals surface area contributed by atoms with Crippen LogP contribution in [-0.2, 0) is 5.41 Å². The lowest BCUT2D eigenvalue weighted by molar-refractivity contribution is 0.330. The van der Waals surface area contributed by atoms with Crippen LogP contribution in [0, 0.1) is 6.57 Å². The van der Waals surface area contributed by atoms with Gasteiger partial charge in [0, 0.05) is 5.56 Å². The van der Waals surface area contributed by atoms with Crippen molar-refractivity contribution in [2.24, 2.45) is 0 Å². The van der Waals surface area contributed by atoms with Gasteiger partial charge in [-0.15, -0.1) is 0 Å². The van der Waals surface area contributed by atoms with Crippen molar-refractivity contribution in [2.75, 3.05) is 6.61 Å². The molecule has 0 atom stereocenters. The Morgan fingerprint density at radius 2 is 2.00 bits per heavy atom. The zero-order valence-electron chi connectivity index (χ0n) is 9.79. The summed E-state index contributed by atoms with van der Waals surface area (Å²) < 4.78 is 5.56. The van der Waals surface area contributed by atoms with Crippen molar-refractivity contribution in [3.63, 3.8) is 0 Å². The van der Waals surface area contributed by atoms with Crippen LogP contribution >= 0.6 is 0 Å². The number of rotatable bonds is 2. The first kappa shape index (κ1) is 11.6. The highest BCUT2D eigenvalue weighted by Gasteiger charge is 2.22. The lowest BCUT2D eigenvalue weighted by Crippen LogP contribution is -2.13. The summed E-state index contributed by atoms with van der Waals surface area (Å²) in [7, 11) is 0. The predicted molar refractivity (Wildman–Crippen MR) is 62.6 cm³/mol. The maximum Gasteiger partial charge on any atom is 0.194 e. The molecule has 2 nitrogen and oxygen atoms in total. The molecule has 0 unspecified atom stereocenters. The third kappa shape index (κ3) is 2.50. The third-order valence-corrected chi connectivity index (χ3v) is 2.17. The summed E-state index contributed by atoms with van der Waals surface area (Å²) in [5.74, 6) is 0.832. The summed E-state index contributed by atoms with van der Waals surface area (Å²) in [5.41, 5.74) is 1.63. The summed E-state index contributed by atoms with van der Waals surface area (Å²) in [4.78, 5) is 3.55. The minimum Gasteiger partial charge on any atom is -0.495 e. The molecule has 0 heterocycles. The van der Waals surface area contributed by atoms with Gasteiger partial charge in [-0.2, -0.15) is 0 Å². The fraction of sp³-hybridized carbons (Fsp3) is 0.462. The van der Waals surface area contributed by atoms with Gasteiger partial charge in [0.05, 0.1) is 13.2 Å². The predicted octanol–water partition coefficient (Wildman–Crippen LogP) is 3.93. The average molecular weight is 203 g/mol. The smallest absolute Gasteiger partial charge is 0.194 e. The van der Waals surface area contributed by atoms with Crippen molar-refractivity contribution < 1.29 is 4.74 Å². The first-order valence-corrected chi connectivity index (χ1v) is 5.14. The molecule has 1 rings (SSSR count). The second kappa shape index (κ2) is 4.35. The zero-order chi connectivity index (χ0) is 11.5. The third-order valence-electron chi connectivity index (χ3n) is 2.17. The molecule has 0 fully saturated rings. The molecule has 1 aromatic rings. The van der Waals surface area contributed by atoms with E-state index in [4.69, 9.17) is 11.3 Å². The minimum absolute atomic E-state index is 0.0638. The molecule has 0 radical (unpaired) electrons. The molecule has 0 N–H and O–H groups in total. The number of ether oxygens (including phenoxy) is 1. The summed E-state index contributed by atoms with van der Waals surface area (Å²) in [6, 6.07) is 5.64. The lowest BCUT2D eigenvalue weighted by atomic mass is 9.85. The first-order valence-electron chi connectivity index (χ1n) is 5.14. The van der Waals surface area contributed by atoms with Gasteiger partial charge in [-0.1, -0.05) is 32.9 Å². The fourth-order valence-corrected chi connectivity index (χ4v) is 1.64. The Balaban J connectivity index is 3.35. The molecule has 0 aromatic heterocycles. The molecule has 1 aromatic carbocycles. The summed E-state index contributed by atoms with van der Waals surface area (Å²) in [6.45, 7) is 16.0. The molecular weight excluding hydrogens is 186 g/mol. The Morgan fingerprint density at radius 1 is 1.33 bits per heavy atom. The van der Waals surface area contributed by atoms with Gasteiger partial charge in [0.1, 0.15) is 5.75 Å². The van der Waals surface area contributed by atoms with Gasteiger partial charge in [0.25, 0.3) is 0 Å². The van der Waals surface area contributed by atoms with Crippen LogP contribution in [0.1, 0.15) is 33.3 Å². The van der Waals surface area contributed by atoms with Crippen molar-refractivity contribution in [1.29, 1.82) is 0 Å². The second-order valence-corrected chi connectivity index (χ2v) is 4.45. The van der Waals surface area contributed by atoms with Gasteiger partial charge in [-0.25, -0.2) is 4.85 Å². The monoisotopic (exact) mass is 203 g/mol. The molecule has 2 heteroatoms. The largest absolute Gasteiger partial charge is 0.495 e. The van der Waals surface area contributed by atoms with Gasteiger partial charge in [0.15, 0.2) is 5.69 Å². The number of nitrogens with zero attached hydrogens (tertiary/aromatic N) is 1. The maximum absolute atomic E-state index is 7.16. The van der Waals surface area contributed by atoms with E-state index in [1.165, 1.54) is 0 Å². The van der Waals surface area contributed by atoms with Gasteiger partial charge in [-0.05, 0) is 18.4 Å². The maximum atomic E-state index is 7.16. The van der Waals surface area contributed by atoms with Crippen LogP contribution in [0.15, 0.2) is 18.2 Å². The standard InChI is InChI=1S/C13H17NO/c1-6-15-11-9-7-8-10(14-5)12(11)13(2,3)4/h7-9H,6H2,1-4H3. The molecule has 0 bridgehead atoms. The van der Waals surface area contributed by atoms with Crippen molar-refractivity contribution in [3.8, 4) is 5.75 Å². The SMILES string of the molecule is [C-]#[N+]c1cccc(OCC)c1C(C)(C)C. The van der Waals surface area contributed by atoms with E-state index in [1.807, 2.05) is 25.1 Å². The second-order valence-electron chi connectivity index (χ2n) is 4.45. The van der Waals surface area contributed by atoms with Gasteiger partial charge < -0.3 is 4.74 Å². The minimum atomic E-state index is -0.0638. The Bertz CT molecular complexity index is 383. The van der Waals surface area contributed by atoms with E-state index in [0.717, 1.165) is 11.3 Å². The van der Waals surface area contributed by atoms with E-state index in [1.54, 1.807) is 0 Å². The first-order chi connectivity index (χ1) is 7.00. The quantitative estimate of drug-likeness (QED) is 0.664. The summed E-state index contributed by atoms with van der Waals surface area (Å²) in [5, 5.41) is 0. The Kier molecular flexibility index (Phi) is 3.36. The van der Waals surface area contributed by atoms with E-state index in [9.17, 15) is 0 Å². The molecule has 80 valence electrons. The lowest BCUT2D eigenvalue weighted by Gasteiger charge is -2.24. The molecule has 0 aliphatic carbocycles. The van der Waals surface area contributed by atoms with Crippen molar-refractivity contribution in [3.05, 3.63) is 35.2 Å². The van der Waals surface area contributed by atoms with Crippen molar-refractivity contribution in [1.82, 2.24) is 0 Å². The Morgan fingerprint density at radius 3 is 2.47 bits per heavy atom. The number of benzene rings is 1. The molecule has 0 spiro atoms. The van der Waals surface area contributed by atoms with E-state index < -0.39 is 0 Å². The Hall–Kier alpha value is -1.49. The number of hydrogen-bond donors (Lipinski definition) is 0. The molecule has 0 amide bonds. The molecule has 0 saturated carbocycles. The molecule has 15 heavy (non-hydrogen) atoms. The van der Waals surface area contributed by atoms with E-state index in [0.29, 0.717) is 12.3 Å². The fourth-order valence-electron chi connectivity index (χ4n) is 1.64. The van der Waals surface area contributed by atoms with Crippen LogP contribution in [-0.4, -0.2) is 6.61 Å². The molecular formula is C13H17NO. The van der Waals surface area contributed by atoms with Crippen LogP contribution < -0.4 is 4.74 Å². The number of hydrogen-bond acceptors (Lipinski definition) is 1. The van der Waals surface area contributed by atoms with Gasteiger partial charge in [-0.3, -0.25) is 0 Å². The van der Waals surface area contributed by atoms with Gasteiger partial charge >= 0.3 is 0 Å². The van der Waals surface area contributed by atoms with Crippen LogP contribution in [0.4, 0.5) is 5.69 Å². The van der Waals surface area contributed by atoms with Crippen LogP contribution in [0.5, 0.6) is 5.75 Å². The van der Waals surface area contributed by atoms with Crippen LogP contribution in [0.25, 0.3) is 4.85 Å². The van der Waals surface area contributed by atoms with Crippen molar-refractivity contribution in [2.45, 2.75) is 33.1 Å². The summed E-state index contributed by atoms with van der Waals surface area (Å²) >= 11 is 0. The molecule has 0 aliphatic heterocycles. The van der Waals surface area contributed by atoms with E-state index in [2.05, 4.69) is 25.6 Å². The topological polar surface area (TPSA) is 13.6 Å². The van der Waals surface area contributed by atoms with E-state index >= 15 is 0 Å². The zero-order valence-corrected chi connectivity index (χ0v) is 9.79. The molecule has 0 saturated heterocycles. The van der Waals surface area contributed by atoms with E-state index in [-0.39, 0.29) is 5.41 Å². The average Bonchev–Trinajstić information content (AvgIpc) is 2.16. The highest BCUT2D eigenvalue weighted by Crippen LogP contribution is 2.38. The highest BCUT2D eigenvalue weighted by atomic mass is 16.5.